The fourth-order valence-corrected chi connectivity index (χ4v) is 4.41. The molecule has 0 saturated carbocycles. The number of rotatable bonds is 5. The second-order valence-electron chi connectivity index (χ2n) is 9.17. The van der Waals surface area contributed by atoms with E-state index in [0.717, 1.165) is 20.5 Å². The molecule has 1 N–H and O–H groups in total. The Bertz CT molecular complexity index is 1200. The Balaban J connectivity index is 1.67. The Morgan fingerprint density at radius 1 is 0.909 bits per heavy atom. The Hall–Kier alpha value is -3.25. The molecule has 0 aromatic heterocycles. The lowest BCUT2D eigenvalue weighted by atomic mass is 9.87. The van der Waals surface area contributed by atoms with Gasteiger partial charge in [0.2, 0.25) is 5.91 Å². The van der Waals surface area contributed by atoms with E-state index in [0.29, 0.717) is 16.8 Å². The van der Waals surface area contributed by atoms with Gasteiger partial charge in [0.05, 0.1) is 16.8 Å². The molecule has 5 nitrogen and oxygen atoms in total. The molecule has 0 radical (unpaired) electrons. The van der Waals surface area contributed by atoms with Crippen LogP contribution in [0.15, 0.2) is 77.3 Å². The van der Waals surface area contributed by atoms with Gasteiger partial charge in [-0.25, -0.2) is 0 Å². The summed E-state index contributed by atoms with van der Waals surface area (Å²) in [5.74, 6) is -1.32. The first kappa shape index (κ1) is 22.9. The molecule has 3 aromatic rings. The maximum atomic E-state index is 13.5. The highest BCUT2D eigenvalue weighted by Gasteiger charge is 2.42. The summed E-state index contributed by atoms with van der Waals surface area (Å²) in [5.41, 5.74) is 3.17. The van der Waals surface area contributed by atoms with Crippen LogP contribution in [0.2, 0.25) is 0 Å². The first-order valence-corrected chi connectivity index (χ1v) is 11.6. The van der Waals surface area contributed by atoms with Crippen LogP contribution in [0.4, 0.5) is 5.69 Å². The number of halogens is 1. The second-order valence-corrected chi connectivity index (χ2v) is 10.0. The second kappa shape index (κ2) is 8.94. The van der Waals surface area contributed by atoms with E-state index < -0.39 is 23.8 Å². The lowest BCUT2D eigenvalue weighted by Gasteiger charge is -2.26. The molecule has 1 aliphatic rings. The molecule has 1 atom stereocenters. The Morgan fingerprint density at radius 3 is 2.03 bits per heavy atom. The smallest absolute Gasteiger partial charge is 0.262 e. The Labute approximate surface area is 201 Å². The van der Waals surface area contributed by atoms with Crippen molar-refractivity contribution in [1.29, 1.82) is 0 Å². The number of hydrogen-bond acceptors (Lipinski definition) is 3. The van der Waals surface area contributed by atoms with Crippen LogP contribution < -0.4 is 5.32 Å². The van der Waals surface area contributed by atoms with Crippen molar-refractivity contribution in [3.63, 3.8) is 0 Å². The fraction of sp³-hybridized carbons (Fsp3) is 0.222. The highest BCUT2D eigenvalue weighted by Crippen LogP contribution is 2.31. The zero-order valence-corrected chi connectivity index (χ0v) is 20.3. The molecule has 0 saturated heterocycles. The highest BCUT2D eigenvalue weighted by atomic mass is 79.9. The summed E-state index contributed by atoms with van der Waals surface area (Å²) in [6, 6.07) is 20.8. The molecule has 4 rings (SSSR count). The van der Waals surface area contributed by atoms with Crippen molar-refractivity contribution in [3.8, 4) is 0 Å². The standard InChI is InChI=1S/C27H25BrN2O3/c1-27(2,3)18-13-14-22(21(28)16-18)29-24(31)23(15-17-9-5-4-6-10-17)30-25(32)19-11-7-8-12-20(19)26(30)33/h4-14,16,23H,15H2,1-3H3,(H,29,31). The van der Waals surface area contributed by atoms with E-state index >= 15 is 0 Å². The van der Waals surface area contributed by atoms with Crippen molar-refractivity contribution >= 4 is 39.3 Å². The van der Waals surface area contributed by atoms with Gasteiger partial charge in [-0.05, 0) is 56.7 Å². The van der Waals surface area contributed by atoms with Crippen LogP contribution in [0.25, 0.3) is 0 Å². The number of imide groups is 1. The average Bonchev–Trinajstić information content (AvgIpc) is 3.04. The quantitative estimate of drug-likeness (QED) is 0.460. The molecule has 0 aliphatic carbocycles. The monoisotopic (exact) mass is 504 g/mol. The summed E-state index contributed by atoms with van der Waals surface area (Å²) in [7, 11) is 0. The average molecular weight is 505 g/mol. The van der Waals surface area contributed by atoms with Gasteiger partial charge in [0.15, 0.2) is 0 Å². The van der Waals surface area contributed by atoms with Gasteiger partial charge >= 0.3 is 0 Å². The molecule has 3 aromatic carbocycles. The molecular formula is C27H25BrN2O3. The predicted octanol–water partition coefficient (Wildman–Crippen LogP) is 5.59. The van der Waals surface area contributed by atoms with E-state index in [1.54, 1.807) is 24.3 Å². The van der Waals surface area contributed by atoms with E-state index in [1.807, 2.05) is 48.5 Å². The van der Waals surface area contributed by atoms with Gasteiger partial charge in [0.25, 0.3) is 11.8 Å². The van der Waals surface area contributed by atoms with E-state index in [4.69, 9.17) is 0 Å². The molecule has 3 amide bonds. The maximum Gasteiger partial charge on any atom is 0.262 e. The number of nitrogens with one attached hydrogen (secondary N) is 1. The topological polar surface area (TPSA) is 66.5 Å². The molecule has 1 heterocycles. The van der Waals surface area contributed by atoms with Crippen LogP contribution in [0.1, 0.15) is 52.6 Å². The number of carbonyl (C=O) groups is 3. The summed E-state index contributed by atoms with van der Waals surface area (Å²) in [6.45, 7) is 6.35. The van der Waals surface area contributed by atoms with Gasteiger partial charge in [0.1, 0.15) is 6.04 Å². The number of nitrogens with zero attached hydrogens (tertiary/aromatic N) is 1. The van der Waals surface area contributed by atoms with E-state index in [-0.39, 0.29) is 11.8 Å². The van der Waals surface area contributed by atoms with Crippen molar-refractivity contribution in [2.75, 3.05) is 5.32 Å². The lowest BCUT2D eigenvalue weighted by Crippen LogP contribution is -2.48. The number of carbonyl (C=O) groups excluding carboxylic acids is 3. The minimum atomic E-state index is -0.992. The molecule has 0 fully saturated rings. The molecule has 1 aliphatic heterocycles. The van der Waals surface area contributed by atoms with Crippen LogP contribution in [0.5, 0.6) is 0 Å². The van der Waals surface area contributed by atoms with Crippen molar-refractivity contribution in [1.82, 2.24) is 4.90 Å². The summed E-state index contributed by atoms with van der Waals surface area (Å²) in [5, 5.41) is 2.92. The summed E-state index contributed by atoms with van der Waals surface area (Å²) < 4.78 is 0.740. The minimum absolute atomic E-state index is 0.0406. The number of amides is 3. The van der Waals surface area contributed by atoms with E-state index in [2.05, 4.69) is 42.0 Å². The van der Waals surface area contributed by atoms with Gasteiger partial charge in [-0.3, -0.25) is 19.3 Å². The number of anilines is 1. The van der Waals surface area contributed by atoms with Crippen molar-refractivity contribution in [2.45, 2.75) is 38.6 Å². The number of fused-ring (bicyclic) bond motifs is 1. The van der Waals surface area contributed by atoms with Gasteiger partial charge in [-0.2, -0.15) is 0 Å². The zero-order chi connectivity index (χ0) is 23.8. The zero-order valence-electron chi connectivity index (χ0n) is 18.8. The highest BCUT2D eigenvalue weighted by molar-refractivity contribution is 9.10. The van der Waals surface area contributed by atoms with Crippen molar-refractivity contribution < 1.29 is 14.4 Å². The molecule has 168 valence electrons. The van der Waals surface area contributed by atoms with Gasteiger partial charge < -0.3 is 5.32 Å². The molecule has 0 bridgehead atoms. The third kappa shape index (κ3) is 4.62. The Morgan fingerprint density at radius 2 is 1.48 bits per heavy atom. The van der Waals surface area contributed by atoms with E-state index in [9.17, 15) is 14.4 Å². The molecule has 0 spiro atoms. The van der Waals surface area contributed by atoms with Crippen LogP contribution in [-0.4, -0.2) is 28.7 Å². The normalized spacial score (nSPS) is 14.2. The third-order valence-electron chi connectivity index (χ3n) is 5.80. The predicted molar refractivity (Wildman–Crippen MR) is 132 cm³/mol. The summed E-state index contributed by atoms with van der Waals surface area (Å²) in [6.07, 6.45) is 0.218. The third-order valence-corrected chi connectivity index (χ3v) is 6.46. The van der Waals surface area contributed by atoms with Crippen LogP contribution >= 0.6 is 15.9 Å². The molecule has 6 heteroatoms. The largest absolute Gasteiger partial charge is 0.323 e. The molecular weight excluding hydrogens is 480 g/mol. The maximum absolute atomic E-state index is 13.5. The van der Waals surface area contributed by atoms with Crippen molar-refractivity contribution in [3.05, 3.63) is 99.5 Å². The van der Waals surface area contributed by atoms with Crippen LogP contribution in [0, 0.1) is 0 Å². The lowest BCUT2D eigenvalue weighted by molar-refractivity contribution is -0.119. The van der Waals surface area contributed by atoms with E-state index in [1.165, 1.54) is 0 Å². The van der Waals surface area contributed by atoms with Gasteiger partial charge in [-0.1, -0.05) is 69.3 Å². The van der Waals surface area contributed by atoms with Crippen LogP contribution in [-0.2, 0) is 16.6 Å². The molecule has 1 unspecified atom stereocenters. The fourth-order valence-electron chi connectivity index (χ4n) is 3.93. The first-order valence-electron chi connectivity index (χ1n) is 10.8. The SMILES string of the molecule is CC(C)(C)c1ccc(NC(=O)C(Cc2ccccc2)N2C(=O)c3ccccc3C2=O)c(Br)c1. The molecule has 33 heavy (non-hydrogen) atoms. The summed E-state index contributed by atoms with van der Waals surface area (Å²) in [4.78, 5) is 40.9. The van der Waals surface area contributed by atoms with Crippen LogP contribution in [0.3, 0.4) is 0 Å². The minimum Gasteiger partial charge on any atom is -0.323 e. The van der Waals surface area contributed by atoms with Gasteiger partial charge in [0, 0.05) is 10.9 Å². The number of hydrogen-bond donors (Lipinski definition) is 1. The summed E-state index contributed by atoms with van der Waals surface area (Å²) >= 11 is 3.55. The Kier molecular flexibility index (Phi) is 6.21. The van der Waals surface area contributed by atoms with Crippen molar-refractivity contribution in [2.24, 2.45) is 0 Å². The first-order chi connectivity index (χ1) is 15.7. The number of benzene rings is 3. The van der Waals surface area contributed by atoms with Gasteiger partial charge in [-0.15, -0.1) is 0 Å².